The highest BCUT2D eigenvalue weighted by atomic mass is 32.2. The van der Waals surface area contributed by atoms with E-state index in [0.717, 1.165) is 19.6 Å². The molecule has 0 spiro atoms. The Morgan fingerprint density at radius 1 is 1.35 bits per heavy atom. The zero-order valence-electron chi connectivity index (χ0n) is 12.1. The summed E-state index contributed by atoms with van der Waals surface area (Å²) in [7, 11) is -3.51. The van der Waals surface area contributed by atoms with Crippen LogP contribution < -0.4 is 10.5 Å². The van der Waals surface area contributed by atoms with E-state index in [0.29, 0.717) is 11.3 Å². The lowest BCUT2D eigenvalue weighted by atomic mass is 10.2. The zero-order chi connectivity index (χ0) is 14.8. The first kappa shape index (κ1) is 15.3. The third-order valence-corrected chi connectivity index (χ3v) is 5.44. The van der Waals surface area contributed by atoms with Gasteiger partial charge in [0.05, 0.1) is 4.90 Å². The predicted octanol–water partition coefficient (Wildman–Crippen LogP) is 1.34. The first-order valence-electron chi connectivity index (χ1n) is 7.00. The molecule has 2 rings (SSSR count). The van der Waals surface area contributed by atoms with Crippen molar-refractivity contribution in [1.82, 2.24) is 9.62 Å². The number of sulfonamides is 1. The highest BCUT2D eigenvalue weighted by Gasteiger charge is 2.22. The van der Waals surface area contributed by atoms with Crippen molar-refractivity contribution in [3.05, 3.63) is 23.8 Å². The van der Waals surface area contributed by atoms with Crippen LogP contribution in [0.15, 0.2) is 23.1 Å². The van der Waals surface area contributed by atoms with Gasteiger partial charge in [-0.1, -0.05) is 6.07 Å². The molecule has 0 radical (unpaired) electrons. The number of nitrogens with two attached hydrogens (primary N) is 1. The van der Waals surface area contributed by atoms with Crippen molar-refractivity contribution in [2.75, 3.05) is 25.4 Å². The Bertz CT molecular complexity index is 566. The van der Waals surface area contributed by atoms with Gasteiger partial charge < -0.3 is 10.6 Å². The van der Waals surface area contributed by atoms with E-state index in [1.54, 1.807) is 25.1 Å². The summed E-state index contributed by atoms with van der Waals surface area (Å²) in [5.74, 6) is 0. The number of nitrogens with zero attached hydrogens (tertiary/aromatic N) is 1. The fourth-order valence-electron chi connectivity index (χ4n) is 2.64. The van der Waals surface area contributed by atoms with Crippen molar-refractivity contribution < 1.29 is 8.42 Å². The van der Waals surface area contributed by atoms with Crippen molar-refractivity contribution >= 4 is 15.7 Å². The van der Waals surface area contributed by atoms with Gasteiger partial charge in [-0.15, -0.1) is 0 Å². The minimum Gasteiger partial charge on any atom is -0.398 e. The van der Waals surface area contributed by atoms with Gasteiger partial charge in [0.2, 0.25) is 10.0 Å². The first-order valence-corrected chi connectivity index (χ1v) is 8.48. The van der Waals surface area contributed by atoms with Crippen LogP contribution in [-0.4, -0.2) is 39.0 Å². The first-order chi connectivity index (χ1) is 9.40. The summed E-state index contributed by atoms with van der Waals surface area (Å²) in [6.07, 6.45) is 2.40. The molecule has 20 heavy (non-hydrogen) atoms. The summed E-state index contributed by atoms with van der Waals surface area (Å²) in [5.41, 5.74) is 6.88. The average molecular weight is 297 g/mol. The van der Waals surface area contributed by atoms with Gasteiger partial charge in [0.15, 0.2) is 0 Å². The molecule has 1 aliphatic heterocycles. The second kappa shape index (κ2) is 6.11. The molecule has 112 valence electrons. The van der Waals surface area contributed by atoms with Crippen molar-refractivity contribution in [3.8, 4) is 0 Å². The fourth-order valence-corrected chi connectivity index (χ4v) is 4.15. The molecule has 0 aromatic heterocycles. The number of anilines is 1. The van der Waals surface area contributed by atoms with Crippen LogP contribution in [0.2, 0.25) is 0 Å². The summed E-state index contributed by atoms with van der Waals surface area (Å²) < 4.78 is 27.6. The Labute approximate surface area is 121 Å². The van der Waals surface area contributed by atoms with E-state index >= 15 is 0 Å². The summed E-state index contributed by atoms with van der Waals surface area (Å²) in [4.78, 5) is 2.56. The average Bonchev–Trinajstić information content (AvgIpc) is 2.84. The molecular formula is C14H23N3O2S. The molecule has 1 heterocycles. The van der Waals surface area contributed by atoms with Crippen molar-refractivity contribution in [2.24, 2.45) is 0 Å². The molecule has 6 heteroatoms. The molecule has 1 fully saturated rings. The standard InChI is InChI=1S/C14H23N3O2S/c1-11(10-17-8-3-4-9-17)16-20(18,19)14-7-5-6-13(15)12(14)2/h5-7,11,16H,3-4,8-10,15H2,1-2H3. The minimum atomic E-state index is -3.51. The maximum Gasteiger partial charge on any atom is 0.241 e. The Morgan fingerprint density at radius 2 is 2.00 bits per heavy atom. The van der Waals surface area contributed by atoms with Crippen LogP contribution in [0.1, 0.15) is 25.3 Å². The summed E-state index contributed by atoms with van der Waals surface area (Å²) in [5, 5.41) is 0. The number of hydrogen-bond donors (Lipinski definition) is 2. The molecule has 1 saturated heterocycles. The van der Waals surface area contributed by atoms with Crippen LogP contribution in [-0.2, 0) is 10.0 Å². The minimum absolute atomic E-state index is 0.112. The van der Waals surface area contributed by atoms with Gasteiger partial charge in [-0.2, -0.15) is 0 Å². The Kier molecular flexibility index (Phi) is 4.67. The Hall–Kier alpha value is -1.11. The topological polar surface area (TPSA) is 75.4 Å². The number of rotatable bonds is 5. The quantitative estimate of drug-likeness (QED) is 0.804. The van der Waals surface area contributed by atoms with Crippen molar-refractivity contribution in [3.63, 3.8) is 0 Å². The van der Waals surface area contributed by atoms with Crippen molar-refractivity contribution in [2.45, 2.75) is 37.6 Å². The van der Waals surface area contributed by atoms with Crippen LogP contribution in [0.25, 0.3) is 0 Å². The van der Waals surface area contributed by atoms with Gasteiger partial charge in [-0.3, -0.25) is 0 Å². The molecule has 1 unspecified atom stereocenters. The van der Waals surface area contributed by atoms with Gasteiger partial charge in [0, 0.05) is 18.3 Å². The largest absolute Gasteiger partial charge is 0.398 e. The van der Waals surface area contributed by atoms with Gasteiger partial charge >= 0.3 is 0 Å². The lowest BCUT2D eigenvalue weighted by molar-refractivity contribution is 0.313. The molecule has 1 atom stereocenters. The maximum absolute atomic E-state index is 12.4. The SMILES string of the molecule is Cc1c(N)cccc1S(=O)(=O)NC(C)CN1CCCC1. The van der Waals surface area contributed by atoms with E-state index in [2.05, 4.69) is 9.62 Å². The highest BCUT2D eigenvalue weighted by Crippen LogP contribution is 2.20. The number of nitrogen functional groups attached to an aromatic ring is 1. The van der Waals surface area contributed by atoms with Gasteiger partial charge in [-0.05, 0) is 57.5 Å². The normalized spacial score (nSPS) is 18.3. The summed E-state index contributed by atoms with van der Waals surface area (Å²) >= 11 is 0. The highest BCUT2D eigenvalue weighted by molar-refractivity contribution is 7.89. The van der Waals surface area contributed by atoms with Crippen LogP contribution in [0, 0.1) is 6.92 Å². The molecule has 5 nitrogen and oxygen atoms in total. The van der Waals surface area contributed by atoms with Gasteiger partial charge in [0.25, 0.3) is 0 Å². The zero-order valence-corrected chi connectivity index (χ0v) is 12.9. The van der Waals surface area contributed by atoms with Gasteiger partial charge in [-0.25, -0.2) is 13.1 Å². The molecule has 0 aliphatic carbocycles. The van der Waals surface area contributed by atoms with Crippen molar-refractivity contribution in [1.29, 1.82) is 0 Å². The van der Waals surface area contributed by atoms with E-state index in [9.17, 15) is 8.42 Å². The third kappa shape index (κ3) is 3.50. The maximum atomic E-state index is 12.4. The number of nitrogens with one attached hydrogen (secondary N) is 1. The van der Waals surface area contributed by atoms with Gasteiger partial charge in [0.1, 0.15) is 0 Å². The fraction of sp³-hybridized carbons (Fsp3) is 0.571. The molecule has 1 aliphatic rings. The van der Waals surface area contributed by atoms with Crippen LogP contribution in [0.4, 0.5) is 5.69 Å². The van der Waals surface area contributed by atoms with Crippen LogP contribution >= 0.6 is 0 Å². The molecule has 1 aromatic rings. The molecule has 3 N–H and O–H groups in total. The number of hydrogen-bond acceptors (Lipinski definition) is 4. The van der Waals surface area contributed by atoms with E-state index in [1.165, 1.54) is 12.8 Å². The van der Waals surface area contributed by atoms with Crippen LogP contribution in [0.3, 0.4) is 0 Å². The monoisotopic (exact) mass is 297 g/mol. The molecular weight excluding hydrogens is 274 g/mol. The van der Waals surface area contributed by atoms with E-state index < -0.39 is 10.0 Å². The number of benzene rings is 1. The van der Waals surface area contributed by atoms with E-state index in [1.807, 2.05) is 6.92 Å². The Balaban J connectivity index is 2.08. The second-order valence-electron chi connectivity index (χ2n) is 5.50. The summed E-state index contributed by atoms with van der Waals surface area (Å²) in [6.45, 7) is 6.50. The molecule has 0 saturated carbocycles. The predicted molar refractivity (Wildman–Crippen MR) is 81.0 cm³/mol. The van der Waals surface area contributed by atoms with E-state index in [-0.39, 0.29) is 10.9 Å². The van der Waals surface area contributed by atoms with Crippen LogP contribution in [0.5, 0.6) is 0 Å². The second-order valence-corrected chi connectivity index (χ2v) is 7.18. The molecule has 0 bridgehead atoms. The van der Waals surface area contributed by atoms with E-state index in [4.69, 9.17) is 5.73 Å². The number of likely N-dealkylation sites (tertiary alicyclic amines) is 1. The third-order valence-electron chi connectivity index (χ3n) is 3.70. The Morgan fingerprint density at radius 3 is 2.65 bits per heavy atom. The molecule has 1 aromatic carbocycles. The summed E-state index contributed by atoms with van der Waals surface area (Å²) in [6, 6.07) is 4.86. The lowest BCUT2D eigenvalue weighted by Gasteiger charge is -2.21. The lowest BCUT2D eigenvalue weighted by Crippen LogP contribution is -2.41. The smallest absolute Gasteiger partial charge is 0.241 e. The molecule has 0 amide bonds.